The van der Waals surface area contributed by atoms with E-state index in [4.69, 9.17) is 5.73 Å². The number of rotatable bonds is 5. The van der Waals surface area contributed by atoms with Gasteiger partial charge in [0.15, 0.2) is 0 Å². The predicted molar refractivity (Wildman–Crippen MR) is 89.8 cm³/mol. The lowest BCUT2D eigenvalue weighted by molar-refractivity contribution is -0.125. The molecule has 4 nitrogen and oxygen atoms in total. The average Bonchev–Trinajstić information content (AvgIpc) is 2.35. The summed E-state index contributed by atoms with van der Waals surface area (Å²) in [7, 11) is 0. The van der Waals surface area contributed by atoms with Gasteiger partial charge in [0.05, 0.1) is 0 Å². The fourth-order valence-corrected chi connectivity index (χ4v) is 2.38. The first kappa shape index (κ1) is 22.3. The van der Waals surface area contributed by atoms with Crippen molar-refractivity contribution in [2.75, 3.05) is 19.6 Å². The van der Waals surface area contributed by atoms with E-state index in [9.17, 15) is 4.79 Å². The van der Waals surface area contributed by atoms with Gasteiger partial charge in [-0.15, -0.1) is 24.8 Å². The van der Waals surface area contributed by atoms with Crippen LogP contribution in [0, 0.1) is 11.8 Å². The Morgan fingerprint density at radius 1 is 1.30 bits per heavy atom. The molecule has 1 fully saturated rings. The van der Waals surface area contributed by atoms with E-state index in [0.717, 1.165) is 13.1 Å². The maximum atomic E-state index is 11.8. The summed E-state index contributed by atoms with van der Waals surface area (Å²) in [6, 6.07) is 0.523. The third-order valence-corrected chi connectivity index (χ3v) is 4.05. The third-order valence-electron chi connectivity index (χ3n) is 4.05. The number of carbonyl (C=O) groups excluding carboxylic acids is 1. The molecule has 6 heteroatoms. The Kier molecular flexibility index (Phi) is 11.9. The maximum Gasteiger partial charge on any atom is 0.224 e. The summed E-state index contributed by atoms with van der Waals surface area (Å²) in [5, 5.41) is 3.05. The Morgan fingerprint density at radius 3 is 2.40 bits per heavy atom. The summed E-state index contributed by atoms with van der Waals surface area (Å²) in [4.78, 5) is 14.3. The summed E-state index contributed by atoms with van der Waals surface area (Å²) in [5.74, 6) is 0.576. The maximum absolute atomic E-state index is 11.8. The molecule has 1 rings (SSSR count). The van der Waals surface area contributed by atoms with Crippen LogP contribution in [-0.2, 0) is 4.79 Å². The highest BCUT2D eigenvalue weighted by Gasteiger charge is 2.23. The Morgan fingerprint density at radius 2 is 1.90 bits per heavy atom. The van der Waals surface area contributed by atoms with Gasteiger partial charge in [-0.05, 0) is 46.1 Å². The van der Waals surface area contributed by atoms with Crippen LogP contribution in [0.15, 0.2) is 0 Å². The van der Waals surface area contributed by atoms with Crippen LogP contribution in [0.5, 0.6) is 0 Å². The summed E-state index contributed by atoms with van der Waals surface area (Å²) < 4.78 is 0. The molecule has 0 aromatic heterocycles. The summed E-state index contributed by atoms with van der Waals surface area (Å²) >= 11 is 0. The van der Waals surface area contributed by atoms with Gasteiger partial charge in [-0.1, -0.05) is 6.92 Å². The molecule has 0 aliphatic carbocycles. The van der Waals surface area contributed by atoms with Crippen molar-refractivity contribution in [2.45, 2.75) is 52.6 Å². The van der Waals surface area contributed by atoms with Crippen molar-refractivity contribution >= 4 is 30.7 Å². The number of nitrogens with zero attached hydrogens (tertiary/aromatic N) is 1. The molecule has 20 heavy (non-hydrogen) atoms. The number of halogens is 2. The lowest BCUT2D eigenvalue weighted by atomic mass is 9.96. The molecule has 122 valence electrons. The van der Waals surface area contributed by atoms with Crippen molar-refractivity contribution in [2.24, 2.45) is 17.6 Å². The highest BCUT2D eigenvalue weighted by atomic mass is 35.5. The predicted octanol–water partition coefficient (Wildman–Crippen LogP) is 2.05. The van der Waals surface area contributed by atoms with Gasteiger partial charge in [0.2, 0.25) is 5.91 Å². The molecule has 3 unspecified atom stereocenters. The van der Waals surface area contributed by atoms with E-state index >= 15 is 0 Å². The van der Waals surface area contributed by atoms with Crippen LogP contribution in [0.2, 0.25) is 0 Å². The van der Waals surface area contributed by atoms with Crippen molar-refractivity contribution in [1.29, 1.82) is 0 Å². The van der Waals surface area contributed by atoms with Gasteiger partial charge >= 0.3 is 0 Å². The zero-order chi connectivity index (χ0) is 13.7. The molecule has 0 aromatic rings. The Labute approximate surface area is 136 Å². The van der Waals surface area contributed by atoms with Crippen LogP contribution in [0.25, 0.3) is 0 Å². The van der Waals surface area contributed by atoms with Crippen LogP contribution < -0.4 is 11.1 Å². The smallest absolute Gasteiger partial charge is 0.224 e. The second-order valence-corrected chi connectivity index (χ2v) is 5.99. The number of carbonyl (C=O) groups is 1. The van der Waals surface area contributed by atoms with Crippen molar-refractivity contribution in [3.8, 4) is 0 Å². The number of piperidine rings is 1. The van der Waals surface area contributed by atoms with E-state index in [0.29, 0.717) is 12.0 Å². The molecule has 1 saturated heterocycles. The van der Waals surface area contributed by atoms with E-state index in [1.165, 1.54) is 19.4 Å². The molecular weight excluding hydrogens is 297 g/mol. The van der Waals surface area contributed by atoms with Crippen molar-refractivity contribution in [1.82, 2.24) is 10.2 Å². The van der Waals surface area contributed by atoms with Crippen LogP contribution in [0.4, 0.5) is 0 Å². The van der Waals surface area contributed by atoms with Crippen molar-refractivity contribution < 1.29 is 4.79 Å². The summed E-state index contributed by atoms with van der Waals surface area (Å²) in [5.41, 5.74) is 5.74. The van der Waals surface area contributed by atoms with Gasteiger partial charge in [0, 0.05) is 31.1 Å². The normalized spacial score (nSPS) is 22.4. The zero-order valence-corrected chi connectivity index (χ0v) is 14.7. The average molecular weight is 328 g/mol. The topological polar surface area (TPSA) is 58.4 Å². The first-order valence-corrected chi connectivity index (χ1v) is 7.19. The van der Waals surface area contributed by atoms with E-state index in [1.807, 2.05) is 13.8 Å². The molecule has 0 spiro atoms. The van der Waals surface area contributed by atoms with Crippen LogP contribution in [0.1, 0.15) is 40.5 Å². The number of nitrogens with one attached hydrogen (secondary N) is 1. The van der Waals surface area contributed by atoms with Crippen LogP contribution in [-0.4, -0.2) is 42.5 Å². The van der Waals surface area contributed by atoms with Gasteiger partial charge in [0.25, 0.3) is 0 Å². The van der Waals surface area contributed by atoms with Gasteiger partial charge in [-0.2, -0.15) is 0 Å². The van der Waals surface area contributed by atoms with E-state index in [1.54, 1.807) is 0 Å². The molecule has 1 aliphatic heterocycles. The second kappa shape index (κ2) is 10.7. The molecule has 0 aromatic carbocycles. The largest absolute Gasteiger partial charge is 0.355 e. The van der Waals surface area contributed by atoms with E-state index in [2.05, 4.69) is 24.1 Å². The molecule has 1 amide bonds. The lowest BCUT2D eigenvalue weighted by Crippen LogP contribution is -2.45. The quantitative estimate of drug-likeness (QED) is 0.812. The Balaban J connectivity index is 0. The molecule has 1 aliphatic rings. The standard InChI is InChI=1S/C14H29N3O.2ClH/c1-10(2)17-7-5-6-13(9-17)8-16-14(18)11(3)12(4)15;;/h10-13H,5-9,15H2,1-4H3,(H,16,18);2*1H. The van der Waals surface area contributed by atoms with Crippen LogP contribution >= 0.6 is 24.8 Å². The first-order valence-electron chi connectivity index (χ1n) is 7.19. The molecule has 0 saturated carbocycles. The van der Waals surface area contributed by atoms with Gasteiger partial charge in [-0.3, -0.25) is 4.79 Å². The van der Waals surface area contributed by atoms with Gasteiger partial charge in [0.1, 0.15) is 0 Å². The number of hydrogen-bond donors (Lipinski definition) is 2. The molecule has 3 atom stereocenters. The minimum Gasteiger partial charge on any atom is -0.355 e. The van der Waals surface area contributed by atoms with Crippen molar-refractivity contribution in [3.63, 3.8) is 0 Å². The lowest BCUT2D eigenvalue weighted by Gasteiger charge is -2.35. The van der Waals surface area contributed by atoms with Gasteiger partial charge in [-0.25, -0.2) is 0 Å². The van der Waals surface area contributed by atoms with Crippen molar-refractivity contribution in [3.05, 3.63) is 0 Å². The number of nitrogens with two attached hydrogens (primary N) is 1. The summed E-state index contributed by atoms with van der Waals surface area (Å²) in [6.07, 6.45) is 2.46. The van der Waals surface area contributed by atoms with Crippen LogP contribution in [0.3, 0.4) is 0 Å². The molecule has 0 bridgehead atoms. The highest BCUT2D eigenvalue weighted by molar-refractivity contribution is 5.85. The Bertz CT molecular complexity index is 275. The highest BCUT2D eigenvalue weighted by Crippen LogP contribution is 2.17. The fourth-order valence-electron chi connectivity index (χ4n) is 2.38. The molecular formula is C14H31Cl2N3O. The SMILES string of the molecule is CC(N)C(C)C(=O)NCC1CCCN(C(C)C)C1.Cl.Cl. The second-order valence-electron chi connectivity index (χ2n) is 5.99. The van der Waals surface area contributed by atoms with E-state index in [-0.39, 0.29) is 42.7 Å². The Hall–Kier alpha value is -0.0300. The molecule has 0 radical (unpaired) electrons. The van der Waals surface area contributed by atoms with E-state index < -0.39 is 0 Å². The first-order chi connectivity index (χ1) is 8.41. The molecule has 3 N–H and O–H groups in total. The number of hydrogen-bond acceptors (Lipinski definition) is 3. The monoisotopic (exact) mass is 327 g/mol. The summed E-state index contributed by atoms with van der Waals surface area (Å²) in [6.45, 7) is 11.3. The van der Waals surface area contributed by atoms with Gasteiger partial charge < -0.3 is 16.0 Å². The minimum atomic E-state index is -0.102. The fraction of sp³-hybridized carbons (Fsp3) is 0.929. The zero-order valence-electron chi connectivity index (χ0n) is 13.1. The number of likely N-dealkylation sites (tertiary alicyclic amines) is 1. The third kappa shape index (κ3) is 7.11. The molecule has 1 heterocycles. The number of amides is 1. The minimum absolute atomic E-state index is 0.